The number of carbonyl (C=O) groups excluding carboxylic acids is 2. The lowest BCUT2D eigenvalue weighted by Crippen LogP contribution is -2.38. The van der Waals surface area contributed by atoms with Crippen molar-refractivity contribution in [3.63, 3.8) is 0 Å². The molecule has 1 fully saturated rings. The quantitative estimate of drug-likeness (QED) is 0.582. The summed E-state index contributed by atoms with van der Waals surface area (Å²) in [7, 11) is -3.10. The van der Waals surface area contributed by atoms with Gasteiger partial charge >= 0.3 is 5.97 Å². The number of amides is 1. The van der Waals surface area contributed by atoms with Crippen molar-refractivity contribution in [2.75, 3.05) is 18.1 Å². The second-order valence-corrected chi connectivity index (χ2v) is 10.1. The average molecular weight is 446 g/mol. The van der Waals surface area contributed by atoms with E-state index in [0.717, 1.165) is 10.6 Å². The van der Waals surface area contributed by atoms with Gasteiger partial charge in [0.05, 0.1) is 22.1 Å². The van der Waals surface area contributed by atoms with Crippen molar-refractivity contribution in [3.05, 3.63) is 59.6 Å². The highest BCUT2D eigenvalue weighted by Crippen LogP contribution is 2.28. The van der Waals surface area contributed by atoms with Gasteiger partial charge < -0.3 is 10.1 Å². The van der Waals surface area contributed by atoms with Crippen LogP contribution in [0.3, 0.4) is 0 Å². The predicted octanol–water partition coefficient (Wildman–Crippen LogP) is 2.06. The topological polar surface area (TPSA) is 107 Å². The van der Waals surface area contributed by atoms with Gasteiger partial charge in [0.2, 0.25) is 0 Å². The maximum atomic E-state index is 12.7. The van der Waals surface area contributed by atoms with Crippen LogP contribution in [0.15, 0.2) is 54.0 Å². The SMILES string of the molecule is O=C(COC(=O)c1cn(-c2ccccc2)nc1-c1cccs1)N[C@@H]1CCS(=O)(=O)C1. The fourth-order valence-electron chi connectivity index (χ4n) is 3.22. The highest BCUT2D eigenvalue weighted by molar-refractivity contribution is 7.91. The lowest BCUT2D eigenvalue weighted by atomic mass is 10.2. The molecule has 1 aliphatic rings. The minimum atomic E-state index is -3.10. The van der Waals surface area contributed by atoms with E-state index in [-0.39, 0.29) is 17.1 Å². The van der Waals surface area contributed by atoms with Gasteiger partial charge in [0.15, 0.2) is 16.4 Å². The van der Waals surface area contributed by atoms with Crippen molar-refractivity contribution in [3.8, 4) is 16.3 Å². The number of hydrogen-bond acceptors (Lipinski definition) is 7. The third-order valence-corrected chi connectivity index (χ3v) is 7.29. The standard InChI is InChI=1S/C20H19N3O5S2/c24-18(21-14-8-10-30(26,27)13-14)12-28-20(25)16-11-23(15-5-2-1-3-6-15)22-19(16)17-7-4-9-29-17/h1-7,9,11,14H,8,10,12-13H2,(H,21,24)/t14-/m1/s1. The van der Waals surface area contributed by atoms with Gasteiger partial charge in [0, 0.05) is 12.2 Å². The normalized spacial score (nSPS) is 17.5. The number of aromatic nitrogens is 2. The first-order chi connectivity index (χ1) is 14.4. The van der Waals surface area contributed by atoms with Crippen molar-refractivity contribution in [1.29, 1.82) is 0 Å². The molecule has 0 spiro atoms. The number of carbonyl (C=O) groups is 2. The number of ether oxygens (including phenoxy) is 1. The van der Waals surface area contributed by atoms with Crippen LogP contribution in [0.25, 0.3) is 16.3 Å². The molecule has 156 valence electrons. The Morgan fingerprint density at radius 2 is 2.00 bits per heavy atom. The Morgan fingerprint density at radius 3 is 2.67 bits per heavy atom. The molecule has 1 saturated heterocycles. The molecule has 0 saturated carbocycles. The molecule has 8 nitrogen and oxygen atoms in total. The molecule has 30 heavy (non-hydrogen) atoms. The van der Waals surface area contributed by atoms with Crippen molar-refractivity contribution in [2.24, 2.45) is 0 Å². The van der Waals surface area contributed by atoms with E-state index in [1.807, 2.05) is 47.8 Å². The van der Waals surface area contributed by atoms with E-state index in [2.05, 4.69) is 10.4 Å². The van der Waals surface area contributed by atoms with Crippen LogP contribution in [0.2, 0.25) is 0 Å². The van der Waals surface area contributed by atoms with Crippen LogP contribution < -0.4 is 5.32 Å². The molecule has 1 atom stereocenters. The third kappa shape index (κ3) is 4.60. The molecule has 0 bridgehead atoms. The van der Waals surface area contributed by atoms with Crippen LogP contribution in [0.1, 0.15) is 16.8 Å². The Bertz CT molecular complexity index is 1150. The van der Waals surface area contributed by atoms with E-state index >= 15 is 0 Å². The number of benzene rings is 1. The van der Waals surface area contributed by atoms with Gasteiger partial charge in [-0.2, -0.15) is 5.10 Å². The van der Waals surface area contributed by atoms with Crippen LogP contribution >= 0.6 is 11.3 Å². The summed E-state index contributed by atoms with van der Waals surface area (Å²) in [5, 5.41) is 9.01. The zero-order chi connectivity index (χ0) is 21.1. The molecule has 10 heteroatoms. The minimum absolute atomic E-state index is 0.0561. The van der Waals surface area contributed by atoms with Gasteiger partial charge in [0.1, 0.15) is 11.3 Å². The maximum absolute atomic E-state index is 12.7. The zero-order valence-corrected chi connectivity index (χ0v) is 17.5. The summed E-state index contributed by atoms with van der Waals surface area (Å²) in [6, 6.07) is 12.6. The van der Waals surface area contributed by atoms with Gasteiger partial charge in [0.25, 0.3) is 5.91 Å². The molecule has 1 aromatic carbocycles. The Morgan fingerprint density at radius 1 is 1.20 bits per heavy atom. The third-order valence-electron chi connectivity index (χ3n) is 4.64. The first-order valence-electron chi connectivity index (χ1n) is 9.27. The average Bonchev–Trinajstić information content (AvgIpc) is 3.46. The molecule has 1 amide bonds. The number of para-hydroxylation sites is 1. The molecule has 3 aromatic rings. The second-order valence-electron chi connectivity index (χ2n) is 6.89. The highest BCUT2D eigenvalue weighted by atomic mass is 32.2. The van der Waals surface area contributed by atoms with Gasteiger partial charge in [-0.05, 0) is 30.0 Å². The number of esters is 1. The van der Waals surface area contributed by atoms with Gasteiger partial charge in [-0.3, -0.25) is 4.79 Å². The van der Waals surface area contributed by atoms with Crippen molar-refractivity contribution >= 4 is 33.1 Å². The van der Waals surface area contributed by atoms with E-state index in [1.165, 1.54) is 11.3 Å². The fourth-order valence-corrected chi connectivity index (χ4v) is 5.62. The van der Waals surface area contributed by atoms with E-state index in [1.54, 1.807) is 10.9 Å². The number of hydrogen-bond donors (Lipinski definition) is 1. The summed E-state index contributed by atoms with van der Waals surface area (Å²) >= 11 is 1.44. The van der Waals surface area contributed by atoms with E-state index in [0.29, 0.717) is 12.1 Å². The van der Waals surface area contributed by atoms with E-state index in [9.17, 15) is 18.0 Å². The zero-order valence-electron chi connectivity index (χ0n) is 15.9. The summed E-state index contributed by atoms with van der Waals surface area (Å²) in [5.74, 6) is -1.23. The van der Waals surface area contributed by atoms with Crippen molar-refractivity contribution in [2.45, 2.75) is 12.5 Å². The monoisotopic (exact) mass is 445 g/mol. The smallest absolute Gasteiger partial charge is 0.342 e. The minimum Gasteiger partial charge on any atom is -0.452 e. The van der Waals surface area contributed by atoms with Crippen LogP contribution in [0, 0.1) is 0 Å². The molecular formula is C20H19N3O5S2. The lowest BCUT2D eigenvalue weighted by molar-refractivity contribution is -0.124. The largest absolute Gasteiger partial charge is 0.452 e. The Balaban J connectivity index is 1.48. The van der Waals surface area contributed by atoms with Crippen LogP contribution in [-0.4, -0.2) is 54.2 Å². The Kier molecular flexibility index (Phi) is 5.69. The van der Waals surface area contributed by atoms with Crippen molar-refractivity contribution < 1.29 is 22.7 Å². The van der Waals surface area contributed by atoms with Gasteiger partial charge in [-0.1, -0.05) is 24.3 Å². The van der Waals surface area contributed by atoms with Gasteiger partial charge in [-0.25, -0.2) is 17.9 Å². The van der Waals surface area contributed by atoms with Gasteiger partial charge in [-0.15, -0.1) is 11.3 Å². The molecule has 0 unspecified atom stereocenters. The maximum Gasteiger partial charge on any atom is 0.342 e. The lowest BCUT2D eigenvalue weighted by Gasteiger charge is -2.10. The number of nitrogens with zero attached hydrogens (tertiary/aromatic N) is 2. The fraction of sp³-hybridized carbons (Fsp3) is 0.250. The summed E-state index contributed by atoms with van der Waals surface area (Å²) in [5.41, 5.74) is 1.51. The first kappa shape index (κ1) is 20.3. The molecule has 0 radical (unpaired) electrons. The number of thiophene rings is 1. The molecule has 2 aromatic heterocycles. The van der Waals surface area contributed by atoms with E-state index < -0.39 is 34.4 Å². The summed E-state index contributed by atoms with van der Waals surface area (Å²) in [6.45, 7) is -0.490. The number of nitrogens with one attached hydrogen (secondary N) is 1. The summed E-state index contributed by atoms with van der Waals surface area (Å²) in [6.07, 6.45) is 1.95. The van der Waals surface area contributed by atoms with Crippen molar-refractivity contribution in [1.82, 2.24) is 15.1 Å². The molecule has 3 heterocycles. The summed E-state index contributed by atoms with van der Waals surface area (Å²) < 4.78 is 29.8. The van der Waals surface area contributed by atoms with Crippen LogP contribution in [-0.2, 0) is 19.4 Å². The van der Waals surface area contributed by atoms with Crippen LogP contribution in [0.5, 0.6) is 0 Å². The molecule has 0 aliphatic carbocycles. The van der Waals surface area contributed by atoms with Crippen LogP contribution in [0.4, 0.5) is 0 Å². The molecule has 1 aliphatic heterocycles. The Labute approximate surface area is 177 Å². The Hall–Kier alpha value is -2.98. The molecular weight excluding hydrogens is 426 g/mol. The summed E-state index contributed by atoms with van der Waals surface area (Å²) in [4.78, 5) is 25.6. The predicted molar refractivity (Wildman–Crippen MR) is 112 cm³/mol. The highest BCUT2D eigenvalue weighted by Gasteiger charge is 2.29. The number of sulfone groups is 1. The van der Waals surface area contributed by atoms with E-state index in [4.69, 9.17) is 4.74 Å². The first-order valence-corrected chi connectivity index (χ1v) is 12.0. The number of rotatable bonds is 6. The second kappa shape index (κ2) is 8.41. The molecule has 1 N–H and O–H groups in total. The molecule has 4 rings (SSSR count).